The lowest BCUT2D eigenvalue weighted by molar-refractivity contribution is -0.384. The highest BCUT2D eigenvalue weighted by molar-refractivity contribution is 5.90. The smallest absolute Gasteiger partial charge is 0.343 e. The van der Waals surface area contributed by atoms with Crippen LogP contribution in [0, 0.1) is 10.1 Å². The molecular formula is C21H21NO4. The van der Waals surface area contributed by atoms with Gasteiger partial charge in [0.2, 0.25) is 0 Å². The fourth-order valence-electron chi connectivity index (χ4n) is 2.37. The molecule has 0 aromatic heterocycles. The Kier molecular flexibility index (Phi) is 6.85. The molecule has 2 aromatic carbocycles. The van der Waals surface area contributed by atoms with Gasteiger partial charge in [-0.05, 0) is 42.2 Å². The molecule has 0 aliphatic rings. The van der Waals surface area contributed by atoms with Crippen LogP contribution in [-0.2, 0) is 4.74 Å². The predicted octanol–water partition coefficient (Wildman–Crippen LogP) is 5.54. The highest BCUT2D eigenvalue weighted by Gasteiger charge is 2.14. The molecule has 0 N–H and O–H groups in total. The van der Waals surface area contributed by atoms with Crippen LogP contribution in [0.25, 0.3) is 6.08 Å². The summed E-state index contributed by atoms with van der Waals surface area (Å²) in [6.45, 7) is 5.98. The van der Waals surface area contributed by atoms with Crippen molar-refractivity contribution in [1.82, 2.24) is 0 Å². The Hall–Kier alpha value is -3.21. The van der Waals surface area contributed by atoms with Crippen LogP contribution in [0.15, 0.2) is 72.5 Å². The van der Waals surface area contributed by atoms with Crippen molar-refractivity contribution in [3.8, 4) is 0 Å². The summed E-state index contributed by atoms with van der Waals surface area (Å²) in [5, 5.41) is 10.7. The highest BCUT2D eigenvalue weighted by Crippen LogP contribution is 2.22. The van der Waals surface area contributed by atoms with Crippen molar-refractivity contribution in [3.05, 3.63) is 93.7 Å². The maximum Gasteiger partial charge on any atom is 0.343 e. The van der Waals surface area contributed by atoms with Crippen LogP contribution >= 0.6 is 0 Å². The molecule has 5 heteroatoms. The van der Waals surface area contributed by atoms with Crippen LogP contribution in [0.1, 0.15) is 42.1 Å². The number of non-ortho nitro benzene ring substituents is 1. The van der Waals surface area contributed by atoms with E-state index in [4.69, 9.17) is 4.74 Å². The molecule has 0 bridgehead atoms. The number of nitro groups is 1. The number of benzene rings is 2. The third-order valence-electron chi connectivity index (χ3n) is 3.83. The molecular weight excluding hydrogens is 330 g/mol. The average Bonchev–Trinajstić information content (AvgIpc) is 2.65. The fourth-order valence-corrected chi connectivity index (χ4v) is 2.37. The van der Waals surface area contributed by atoms with Crippen LogP contribution in [-0.4, -0.2) is 10.9 Å². The molecule has 0 amide bonds. The Morgan fingerprint density at radius 1 is 1.15 bits per heavy atom. The lowest BCUT2D eigenvalue weighted by Crippen LogP contribution is -2.06. The predicted molar refractivity (Wildman–Crippen MR) is 102 cm³/mol. The zero-order valence-corrected chi connectivity index (χ0v) is 14.7. The summed E-state index contributed by atoms with van der Waals surface area (Å²) in [5.41, 5.74) is 2.03. The minimum atomic E-state index is -0.583. The van der Waals surface area contributed by atoms with Gasteiger partial charge in [-0.1, -0.05) is 50.3 Å². The van der Waals surface area contributed by atoms with E-state index in [1.807, 2.05) is 36.4 Å². The Labute approximate surface area is 152 Å². The van der Waals surface area contributed by atoms with Crippen LogP contribution in [0.2, 0.25) is 0 Å². The Bertz CT molecular complexity index is 808. The van der Waals surface area contributed by atoms with Crippen LogP contribution in [0.5, 0.6) is 0 Å². The second kappa shape index (κ2) is 9.32. The van der Waals surface area contributed by atoms with Crippen molar-refractivity contribution in [3.63, 3.8) is 0 Å². The highest BCUT2D eigenvalue weighted by atomic mass is 16.6. The third kappa shape index (κ3) is 5.41. The molecule has 5 nitrogen and oxygen atoms in total. The molecule has 0 heterocycles. The molecule has 0 aliphatic heterocycles. The SMILES string of the molecule is C=C(OC(=O)c1ccc([N+](=O)[O-])cc1)/C(=C/c1ccccc1)CCCC. The maximum absolute atomic E-state index is 12.3. The summed E-state index contributed by atoms with van der Waals surface area (Å²) in [6.07, 6.45) is 4.67. The molecule has 0 aliphatic carbocycles. The van der Waals surface area contributed by atoms with Gasteiger partial charge in [0.15, 0.2) is 0 Å². The minimum absolute atomic E-state index is 0.0759. The van der Waals surface area contributed by atoms with Gasteiger partial charge in [-0.15, -0.1) is 0 Å². The monoisotopic (exact) mass is 351 g/mol. The lowest BCUT2D eigenvalue weighted by Gasteiger charge is -2.12. The molecule has 0 saturated carbocycles. The first-order valence-corrected chi connectivity index (χ1v) is 8.42. The molecule has 0 saturated heterocycles. The summed E-state index contributed by atoms with van der Waals surface area (Å²) in [4.78, 5) is 22.5. The number of esters is 1. The first kappa shape index (κ1) is 19.1. The first-order chi connectivity index (χ1) is 12.5. The van der Waals surface area contributed by atoms with E-state index in [0.29, 0.717) is 5.76 Å². The summed E-state index contributed by atoms with van der Waals surface area (Å²) < 4.78 is 5.40. The van der Waals surface area contributed by atoms with E-state index in [1.54, 1.807) is 0 Å². The minimum Gasteiger partial charge on any atom is -0.423 e. The number of unbranched alkanes of at least 4 members (excludes halogenated alkanes) is 1. The zero-order valence-electron chi connectivity index (χ0n) is 14.7. The largest absolute Gasteiger partial charge is 0.423 e. The lowest BCUT2D eigenvalue weighted by atomic mass is 10.0. The molecule has 0 fully saturated rings. The molecule has 134 valence electrons. The van der Waals surface area contributed by atoms with Gasteiger partial charge in [0, 0.05) is 12.1 Å². The standard InChI is InChI=1S/C21H21NO4/c1-3-4-10-19(15-17-8-6-5-7-9-17)16(2)26-21(23)18-11-13-20(14-12-18)22(24)25/h5-9,11-15H,2-4,10H2,1H3/b19-15+. The molecule has 2 aromatic rings. The zero-order chi connectivity index (χ0) is 18.9. The maximum atomic E-state index is 12.3. The number of hydrogen-bond acceptors (Lipinski definition) is 4. The number of carbonyl (C=O) groups excluding carboxylic acids is 1. The van der Waals surface area contributed by atoms with Crippen LogP contribution in [0.4, 0.5) is 5.69 Å². The van der Waals surface area contributed by atoms with E-state index < -0.39 is 10.9 Å². The number of ether oxygens (including phenoxy) is 1. The Morgan fingerprint density at radius 3 is 2.38 bits per heavy atom. The molecule has 2 rings (SSSR count). The number of hydrogen-bond donors (Lipinski definition) is 0. The summed E-state index contributed by atoms with van der Waals surface area (Å²) in [6, 6.07) is 15.1. The average molecular weight is 351 g/mol. The summed E-state index contributed by atoms with van der Waals surface area (Å²) >= 11 is 0. The van der Waals surface area contributed by atoms with Crippen molar-refractivity contribution in [2.45, 2.75) is 26.2 Å². The van der Waals surface area contributed by atoms with Gasteiger partial charge in [-0.3, -0.25) is 10.1 Å². The van der Waals surface area contributed by atoms with E-state index in [9.17, 15) is 14.9 Å². The van der Waals surface area contributed by atoms with Crippen molar-refractivity contribution in [2.75, 3.05) is 0 Å². The Morgan fingerprint density at radius 2 is 1.81 bits per heavy atom. The van der Waals surface area contributed by atoms with Crippen molar-refractivity contribution < 1.29 is 14.5 Å². The van der Waals surface area contributed by atoms with Crippen molar-refractivity contribution in [1.29, 1.82) is 0 Å². The van der Waals surface area contributed by atoms with Crippen molar-refractivity contribution in [2.24, 2.45) is 0 Å². The van der Waals surface area contributed by atoms with E-state index in [1.165, 1.54) is 24.3 Å². The topological polar surface area (TPSA) is 69.4 Å². The fraction of sp³-hybridized carbons (Fsp3) is 0.190. The van der Waals surface area contributed by atoms with Crippen LogP contribution < -0.4 is 0 Å². The molecule has 0 spiro atoms. The number of nitro benzene ring substituents is 1. The first-order valence-electron chi connectivity index (χ1n) is 8.42. The van der Waals surface area contributed by atoms with E-state index >= 15 is 0 Å². The molecule has 26 heavy (non-hydrogen) atoms. The van der Waals surface area contributed by atoms with Crippen molar-refractivity contribution >= 4 is 17.7 Å². The molecule has 0 radical (unpaired) electrons. The van der Waals surface area contributed by atoms with Gasteiger partial charge >= 0.3 is 5.97 Å². The van der Waals surface area contributed by atoms with E-state index in [-0.39, 0.29) is 11.3 Å². The summed E-state index contributed by atoms with van der Waals surface area (Å²) in [5.74, 6) is -0.286. The Balaban J connectivity index is 2.13. The normalized spacial score (nSPS) is 11.0. The van der Waals surface area contributed by atoms with Gasteiger partial charge < -0.3 is 4.74 Å². The second-order valence-corrected chi connectivity index (χ2v) is 5.80. The number of carbonyl (C=O) groups is 1. The van der Waals surface area contributed by atoms with Gasteiger partial charge in [0.1, 0.15) is 5.76 Å². The van der Waals surface area contributed by atoms with E-state index in [2.05, 4.69) is 13.5 Å². The number of nitrogens with zero attached hydrogens (tertiary/aromatic N) is 1. The molecule has 0 atom stereocenters. The van der Waals surface area contributed by atoms with Gasteiger partial charge in [0.05, 0.1) is 10.5 Å². The van der Waals surface area contributed by atoms with E-state index in [0.717, 1.165) is 30.4 Å². The third-order valence-corrected chi connectivity index (χ3v) is 3.83. The second-order valence-electron chi connectivity index (χ2n) is 5.80. The number of allylic oxidation sites excluding steroid dienone is 1. The van der Waals surface area contributed by atoms with Gasteiger partial charge in [-0.2, -0.15) is 0 Å². The van der Waals surface area contributed by atoms with Crippen LogP contribution in [0.3, 0.4) is 0 Å². The summed E-state index contributed by atoms with van der Waals surface area (Å²) in [7, 11) is 0. The number of rotatable bonds is 8. The molecule has 0 unspecified atom stereocenters. The van der Waals surface area contributed by atoms with Gasteiger partial charge in [0.25, 0.3) is 5.69 Å². The van der Waals surface area contributed by atoms with Gasteiger partial charge in [-0.25, -0.2) is 4.79 Å². The quantitative estimate of drug-likeness (QED) is 0.206.